The highest BCUT2D eigenvalue weighted by Gasteiger charge is 2.47. The number of carbonyl (C=O) groups is 6. The molecule has 3 aromatic rings. The summed E-state index contributed by atoms with van der Waals surface area (Å²) < 4.78 is 30.7. The van der Waals surface area contributed by atoms with Gasteiger partial charge in [0.25, 0.3) is 0 Å². The van der Waals surface area contributed by atoms with E-state index in [9.17, 15) is 33.9 Å². The maximum Gasteiger partial charge on any atom is 0.409 e. The quantitative estimate of drug-likeness (QED) is 0.0590. The van der Waals surface area contributed by atoms with Crippen LogP contribution in [-0.4, -0.2) is 155 Å². The standard InChI is InChI=1S/C53H75ClN8O12/c1-34-14-12-17-45(71-9)53(69)30-44(74-52(68)58-53)36(3)25-35(2)42(29-49(66)61(7)41-26-37(24-34)27-43(70-8)51(41)54)73-50(67)33-59(5)48(65)18-13-22-72-23-20-56-47(64)31-57-46(63)19-21-62-39(32-60(6)55-4)28-38-15-10-11-16-40(38)62/h10-12,14-17,26-28,35-36,42,44-45,55,69H,13,18-25,29-33H2,1-9H3,(H,56,64)(H,57,63)(H,58,68)/b17-12+,34-14+. The van der Waals surface area contributed by atoms with Crippen LogP contribution in [0.4, 0.5) is 10.5 Å². The minimum Gasteiger partial charge on any atom is -0.495 e. The molecule has 4 bridgehead atoms. The number of halogens is 1. The molecular formula is C53H75ClN8O12. The fourth-order valence-corrected chi connectivity index (χ4v) is 9.42. The lowest BCUT2D eigenvalue weighted by atomic mass is 9.83. The van der Waals surface area contributed by atoms with Gasteiger partial charge in [-0.25, -0.2) is 9.80 Å². The Labute approximate surface area is 439 Å². The molecule has 5 amide bonds. The first kappa shape index (κ1) is 58.9. The molecule has 0 aliphatic carbocycles. The van der Waals surface area contributed by atoms with E-state index in [4.69, 9.17) is 35.3 Å². The minimum atomic E-state index is -1.81. The van der Waals surface area contributed by atoms with Crippen LogP contribution in [0.15, 0.2) is 66.3 Å². The first-order chi connectivity index (χ1) is 35.2. The number of esters is 1. The van der Waals surface area contributed by atoms with Gasteiger partial charge >= 0.3 is 12.1 Å². The number of hydrogen-bond acceptors (Lipinski definition) is 14. The second kappa shape index (κ2) is 28.0. The Kier molecular flexibility index (Phi) is 22.3. The van der Waals surface area contributed by atoms with Crippen LogP contribution >= 0.6 is 11.6 Å². The molecule has 1 fully saturated rings. The number of allylic oxidation sites excluding steroid dienone is 3. The molecule has 5 rings (SSSR count). The number of amides is 5. The maximum atomic E-state index is 14.2. The second-order valence-electron chi connectivity index (χ2n) is 19.2. The largest absolute Gasteiger partial charge is 0.495 e. The predicted molar refractivity (Wildman–Crippen MR) is 280 cm³/mol. The molecule has 2 aliphatic rings. The summed E-state index contributed by atoms with van der Waals surface area (Å²) in [5, 5.41) is 22.9. The summed E-state index contributed by atoms with van der Waals surface area (Å²) in [5.41, 5.74) is 5.48. The average molecular weight is 1050 g/mol. The molecule has 2 aliphatic heterocycles. The van der Waals surface area contributed by atoms with E-state index in [1.54, 1.807) is 31.3 Å². The molecule has 74 heavy (non-hydrogen) atoms. The first-order valence-corrected chi connectivity index (χ1v) is 25.3. The predicted octanol–water partition coefficient (Wildman–Crippen LogP) is 4.64. The molecule has 6 unspecified atom stereocenters. The third-order valence-electron chi connectivity index (χ3n) is 13.4. The summed E-state index contributed by atoms with van der Waals surface area (Å²) in [6, 6.07) is 13.7. The van der Waals surface area contributed by atoms with E-state index in [1.807, 2.05) is 70.2 Å². The van der Waals surface area contributed by atoms with Crippen molar-refractivity contribution in [2.45, 2.75) is 103 Å². The Morgan fingerprint density at radius 1 is 1.01 bits per heavy atom. The van der Waals surface area contributed by atoms with Gasteiger partial charge < -0.3 is 53.8 Å². The molecule has 6 atom stereocenters. The highest BCUT2D eigenvalue weighted by molar-refractivity contribution is 6.35. The number of rotatable bonds is 20. The van der Waals surface area contributed by atoms with Crippen LogP contribution in [0.1, 0.15) is 70.6 Å². The second-order valence-corrected chi connectivity index (χ2v) is 19.6. The van der Waals surface area contributed by atoms with E-state index >= 15 is 0 Å². The molecule has 0 radical (unpaired) electrons. The van der Waals surface area contributed by atoms with Gasteiger partial charge in [-0.2, -0.15) is 0 Å². The molecular weight excluding hydrogens is 976 g/mol. The number of methoxy groups -OCH3 is 2. The van der Waals surface area contributed by atoms with E-state index < -0.39 is 54.5 Å². The number of likely N-dealkylation sites (N-methyl/N-ethyl adjacent to an activating group) is 1. The molecule has 20 nitrogen and oxygen atoms in total. The molecule has 0 saturated carbocycles. The van der Waals surface area contributed by atoms with E-state index in [0.29, 0.717) is 43.8 Å². The van der Waals surface area contributed by atoms with Crippen LogP contribution in [0.5, 0.6) is 5.75 Å². The Morgan fingerprint density at radius 2 is 1.77 bits per heavy atom. The minimum absolute atomic E-state index is 0.0178. The molecule has 1 saturated heterocycles. The number of hydrogen-bond donors (Lipinski definition) is 5. The maximum absolute atomic E-state index is 14.2. The van der Waals surface area contributed by atoms with Gasteiger partial charge in [0, 0.05) is 78.4 Å². The van der Waals surface area contributed by atoms with Crippen molar-refractivity contribution in [3.8, 4) is 5.75 Å². The third kappa shape index (κ3) is 16.7. The molecule has 5 N–H and O–H groups in total. The Morgan fingerprint density at radius 3 is 2.50 bits per heavy atom. The van der Waals surface area contributed by atoms with Gasteiger partial charge in [-0.3, -0.25) is 34.7 Å². The van der Waals surface area contributed by atoms with E-state index in [-0.39, 0.29) is 80.6 Å². The number of ether oxygens (including phenoxy) is 5. The summed E-state index contributed by atoms with van der Waals surface area (Å²) >= 11 is 6.79. The van der Waals surface area contributed by atoms with Gasteiger partial charge in [0.05, 0.1) is 38.9 Å². The number of alkyl carbamates (subject to hydrolysis) is 1. The number of anilines is 1. The molecule has 2 aromatic carbocycles. The number of carbonyl (C=O) groups excluding carboxylic acids is 6. The smallest absolute Gasteiger partial charge is 0.409 e. The van der Waals surface area contributed by atoms with Gasteiger partial charge in [0.1, 0.15) is 35.6 Å². The molecule has 0 spiro atoms. The summed E-state index contributed by atoms with van der Waals surface area (Å²) in [7, 11) is 9.76. The number of benzene rings is 2. The van der Waals surface area contributed by atoms with Crippen molar-refractivity contribution < 1.29 is 57.6 Å². The zero-order chi connectivity index (χ0) is 54.1. The van der Waals surface area contributed by atoms with Gasteiger partial charge in [-0.05, 0) is 80.3 Å². The van der Waals surface area contributed by atoms with Crippen molar-refractivity contribution in [1.29, 1.82) is 0 Å². The van der Waals surface area contributed by atoms with Crippen LogP contribution in [-0.2, 0) is 62.4 Å². The fourth-order valence-electron chi connectivity index (χ4n) is 9.10. The lowest BCUT2D eigenvalue weighted by Gasteiger charge is -2.42. The lowest BCUT2D eigenvalue weighted by Crippen LogP contribution is -2.63. The summed E-state index contributed by atoms with van der Waals surface area (Å²) in [6.45, 7) is 6.70. The van der Waals surface area contributed by atoms with Crippen molar-refractivity contribution in [2.24, 2.45) is 11.8 Å². The van der Waals surface area contributed by atoms with Gasteiger partial charge in [-0.1, -0.05) is 67.4 Å². The topological polar surface area (TPSA) is 232 Å². The summed E-state index contributed by atoms with van der Waals surface area (Å²) in [4.78, 5) is 81.6. The highest BCUT2D eigenvalue weighted by Crippen LogP contribution is 2.38. The number of aromatic nitrogens is 1. The number of aliphatic hydroxyl groups is 1. The van der Waals surface area contributed by atoms with Crippen LogP contribution in [0, 0.1) is 11.8 Å². The monoisotopic (exact) mass is 1050 g/mol. The zero-order valence-electron chi connectivity index (χ0n) is 44.2. The summed E-state index contributed by atoms with van der Waals surface area (Å²) in [6.07, 6.45) is 2.83. The van der Waals surface area contributed by atoms with E-state index in [2.05, 4.69) is 32.0 Å². The number of para-hydroxylation sites is 1. The SMILES string of the molecule is CNN(C)Cc1cc2ccccc2n1CCC(=O)NCC(=O)NCCOCCCC(=O)N(C)CC(=O)OC1CC(=O)N(C)c2cc(cc(OC)c2Cl)C/C(C)=C/C=C/C(OC)C2(O)CC(OC(=O)N2)C(C)CC1C. The normalized spacial score (nSPS) is 22.8. The van der Waals surface area contributed by atoms with Crippen LogP contribution in [0.2, 0.25) is 5.02 Å². The zero-order valence-corrected chi connectivity index (χ0v) is 44.9. The number of hydrazine groups is 1. The summed E-state index contributed by atoms with van der Waals surface area (Å²) in [5.74, 6) is -2.59. The van der Waals surface area contributed by atoms with Crippen molar-refractivity contribution >= 4 is 63.9 Å². The molecule has 21 heteroatoms. The van der Waals surface area contributed by atoms with Gasteiger partial charge in [-0.15, -0.1) is 0 Å². The number of aryl methyl sites for hydroxylation is 1. The highest BCUT2D eigenvalue weighted by atomic mass is 35.5. The van der Waals surface area contributed by atoms with Crippen molar-refractivity contribution in [2.75, 3.05) is 80.2 Å². The van der Waals surface area contributed by atoms with Gasteiger partial charge in [0.15, 0.2) is 5.72 Å². The van der Waals surface area contributed by atoms with Crippen LogP contribution < -0.4 is 31.0 Å². The lowest BCUT2D eigenvalue weighted by molar-refractivity contribution is -0.157. The Balaban J connectivity index is 1.11. The Bertz CT molecular complexity index is 2500. The van der Waals surface area contributed by atoms with Crippen LogP contribution in [0.3, 0.4) is 0 Å². The molecule has 1 aromatic heterocycles. The Hall–Kier alpha value is -6.03. The van der Waals surface area contributed by atoms with Gasteiger partial charge in [0.2, 0.25) is 23.6 Å². The van der Waals surface area contributed by atoms with E-state index in [0.717, 1.165) is 27.7 Å². The number of nitrogens with one attached hydrogen (secondary N) is 4. The number of nitrogens with zero attached hydrogens (tertiary/aromatic N) is 4. The third-order valence-corrected chi connectivity index (χ3v) is 13.8. The van der Waals surface area contributed by atoms with Crippen LogP contribution in [0.25, 0.3) is 10.9 Å². The fraction of sp³-hybridized carbons (Fsp3) is 0.547. The molecule has 3 heterocycles. The van der Waals surface area contributed by atoms with E-state index in [1.165, 1.54) is 31.1 Å². The van der Waals surface area contributed by atoms with Crippen molar-refractivity contribution in [1.82, 2.24) is 35.9 Å². The average Bonchev–Trinajstić information content (AvgIpc) is 3.71. The van der Waals surface area contributed by atoms with Crippen molar-refractivity contribution in [3.63, 3.8) is 0 Å². The molecule has 406 valence electrons. The first-order valence-electron chi connectivity index (χ1n) is 25.0. The van der Waals surface area contributed by atoms with Crippen molar-refractivity contribution in [3.05, 3.63) is 82.5 Å². The number of fused-ring (bicyclic) bond motifs is 5.